The van der Waals surface area contributed by atoms with Crippen LogP contribution in [-0.4, -0.2) is 43.3 Å². The van der Waals surface area contributed by atoms with E-state index in [4.69, 9.17) is 17.0 Å². The topological polar surface area (TPSA) is 193 Å². The van der Waals surface area contributed by atoms with Gasteiger partial charge in [0, 0.05) is 35.8 Å². The zero-order valence-electron chi connectivity index (χ0n) is 17.2. The molecule has 6 N–H and O–H groups in total. The quantitative estimate of drug-likeness (QED) is 0.126. The van der Waals surface area contributed by atoms with Gasteiger partial charge in [-0.05, 0) is 44.1 Å². The first-order chi connectivity index (χ1) is 13.7. The van der Waals surface area contributed by atoms with E-state index in [9.17, 15) is 19.2 Å². The van der Waals surface area contributed by atoms with Crippen LogP contribution in [0.1, 0.15) is 52.4 Å². The highest BCUT2D eigenvalue weighted by molar-refractivity contribution is 5.82. The van der Waals surface area contributed by atoms with Gasteiger partial charge in [-0.1, -0.05) is 19.0 Å². The molecule has 0 rings (SSSR count). The zero-order valence-corrected chi connectivity index (χ0v) is 17.2. The molecule has 164 valence electrons. The molecule has 3 unspecified atom stereocenters. The van der Waals surface area contributed by atoms with Gasteiger partial charge in [-0.3, -0.25) is 19.2 Å². The lowest BCUT2D eigenvalue weighted by Crippen LogP contribution is -2.37. The molecule has 0 aliphatic rings. The van der Waals surface area contributed by atoms with Crippen molar-refractivity contribution in [2.45, 2.75) is 52.4 Å². The average molecular weight is 412 g/mol. The standard InChI is InChI=1S/C18H33N7O4/c1-3-13(17(20)28)10-14(9-12(2)16(19)27)18(29)23-8-6-4-5-7-22-15(26)11-24-25-21/h12-14H,3-11H2,1-2H3,(H2,19,27)(H2,20,28)(H,22,26)(H,23,29). The second kappa shape index (κ2) is 15.2. The normalized spacial score (nSPS) is 13.4. The first-order valence-corrected chi connectivity index (χ1v) is 9.86. The van der Waals surface area contributed by atoms with Gasteiger partial charge in [0.2, 0.25) is 23.6 Å². The van der Waals surface area contributed by atoms with Gasteiger partial charge in [0.1, 0.15) is 6.54 Å². The molecule has 29 heavy (non-hydrogen) atoms. The summed E-state index contributed by atoms with van der Waals surface area (Å²) in [5.41, 5.74) is 18.8. The Kier molecular flexibility index (Phi) is 13.7. The molecular weight excluding hydrogens is 378 g/mol. The summed E-state index contributed by atoms with van der Waals surface area (Å²) in [6.07, 6.45) is 3.29. The molecule has 0 saturated carbocycles. The predicted molar refractivity (Wildman–Crippen MR) is 108 cm³/mol. The Morgan fingerprint density at radius 3 is 2.10 bits per heavy atom. The molecule has 0 aromatic rings. The number of nitrogens with one attached hydrogen (secondary N) is 2. The van der Waals surface area contributed by atoms with Crippen molar-refractivity contribution in [3.8, 4) is 0 Å². The van der Waals surface area contributed by atoms with E-state index in [2.05, 4.69) is 20.7 Å². The molecule has 0 aromatic carbocycles. The SMILES string of the molecule is CCC(CC(CC(C)C(N)=O)C(=O)NCCCCCNC(=O)CN=[N+]=[N-])C(N)=O. The lowest BCUT2D eigenvalue weighted by molar-refractivity contribution is -0.128. The monoisotopic (exact) mass is 411 g/mol. The lowest BCUT2D eigenvalue weighted by Gasteiger charge is -2.22. The Morgan fingerprint density at radius 2 is 1.59 bits per heavy atom. The molecule has 0 radical (unpaired) electrons. The Hall–Kier alpha value is -2.81. The summed E-state index contributed by atoms with van der Waals surface area (Å²) in [6, 6.07) is 0. The number of amides is 4. The highest BCUT2D eigenvalue weighted by Gasteiger charge is 2.27. The van der Waals surface area contributed by atoms with E-state index >= 15 is 0 Å². The molecule has 11 nitrogen and oxygen atoms in total. The van der Waals surface area contributed by atoms with Crippen molar-refractivity contribution in [2.75, 3.05) is 19.6 Å². The summed E-state index contributed by atoms with van der Waals surface area (Å²) in [7, 11) is 0. The van der Waals surface area contributed by atoms with Crippen LogP contribution in [-0.2, 0) is 19.2 Å². The van der Waals surface area contributed by atoms with E-state index in [0.29, 0.717) is 25.9 Å². The summed E-state index contributed by atoms with van der Waals surface area (Å²) in [5, 5.41) is 8.63. The minimum Gasteiger partial charge on any atom is -0.369 e. The Morgan fingerprint density at radius 1 is 0.966 bits per heavy atom. The van der Waals surface area contributed by atoms with Crippen molar-refractivity contribution in [3.05, 3.63) is 10.4 Å². The first kappa shape index (κ1) is 26.2. The summed E-state index contributed by atoms with van der Waals surface area (Å²) in [5.74, 6) is -2.93. The van der Waals surface area contributed by atoms with Crippen molar-refractivity contribution in [3.63, 3.8) is 0 Å². The molecule has 0 aliphatic heterocycles. The van der Waals surface area contributed by atoms with Crippen LogP contribution in [0.2, 0.25) is 0 Å². The molecule has 0 aromatic heterocycles. The number of primary amides is 2. The smallest absolute Gasteiger partial charge is 0.225 e. The van der Waals surface area contributed by atoms with Gasteiger partial charge < -0.3 is 22.1 Å². The van der Waals surface area contributed by atoms with Crippen molar-refractivity contribution in [1.29, 1.82) is 0 Å². The third-order valence-electron chi connectivity index (χ3n) is 4.71. The van der Waals surface area contributed by atoms with Gasteiger partial charge in [-0.2, -0.15) is 0 Å². The van der Waals surface area contributed by atoms with Crippen LogP contribution in [0.25, 0.3) is 10.4 Å². The number of rotatable bonds is 16. The fraction of sp³-hybridized carbons (Fsp3) is 0.778. The van der Waals surface area contributed by atoms with Crippen molar-refractivity contribution < 1.29 is 19.2 Å². The number of hydrogen-bond donors (Lipinski definition) is 4. The summed E-state index contributed by atoms with van der Waals surface area (Å²) in [6.45, 7) is 4.17. The van der Waals surface area contributed by atoms with Crippen LogP contribution in [0.5, 0.6) is 0 Å². The van der Waals surface area contributed by atoms with Crippen LogP contribution < -0.4 is 22.1 Å². The summed E-state index contributed by atoms with van der Waals surface area (Å²) in [4.78, 5) is 49.2. The van der Waals surface area contributed by atoms with Gasteiger partial charge in [0.05, 0.1) is 0 Å². The van der Waals surface area contributed by atoms with E-state index in [1.807, 2.05) is 6.92 Å². The summed E-state index contributed by atoms with van der Waals surface area (Å²) >= 11 is 0. The number of azide groups is 1. The second-order valence-corrected chi connectivity index (χ2v) is 7.07. The fourth-order valence-corrected chi connectivity index (χ4v) is 2.84. The average Bonchev–Trinajstić information content (AvgIpc) is 2.67. The van der Waals surface area contributed by atoms with E-state index in [-0.39, 0.29) is 31.2 Å². The number of hydrogen-bond acceptors (Lipinski definition) is 5. The number of unbranched alkanes of at least 4 members (excludes halogenated alkanes) is 2. The van der Waals surface area contributed by atoms with Gasteiger partial charge in [0.15, 0.2) is 0 Å². The molecule has 0 bridgehead atoms. The maximum atomic E-state index is 12.5. The minimum absolute atomic E-state index is 0.221. The maximum absolute atomic E-state index is 12.5. The lowest BCUT2D eigenvalue weighted by atomic mass is 9.85. The maximum Gasteiger partial charge on any atom is 0.225 e. The Labute approximate surface area is 171 Å². The molecule has 0 spiro atoms. The van der Waals surface area contributed by atoms with Crippen LogP contribution in [0.15, 0.2) is 5.11 Å². The van der Waals surface area contributed by atoms with Crippen molar-refractivity contribution >= 4 is 23.6 Å². The molecule has 11 heteroatoms. The van der Waals surface area contributed by atoms with Crippen LogP contribution >= 0.6 is 0 Å². The van der Waals surface area contributed by atoms with E-state index in [1.54, 1.807) is 6.92 Å². The highest BCUT2D eigenvalue weighted by Crippen LogP contribution is 2.22. The van der Waals surface area contributed by atoms with E-state index in [0.717, 1.165) is 12.8 Å². The molecule has 0 saturated heterocycles. The van der Waals surface area contributed by atoms with E-state index < -0.39 is 29.6 Å². The van der Waals surface area contributed by atoms with E-state index in [1.165, 1.54) is 0 Å². The van der Waals surface area contributed by atoms with Crippen LogP contribution in [0.4, 0.5) is 0 Å². The van der Waals surface area contributed by atoms with Crippen molar-refractivity contribution in [2.24, 2.45) is 34.3 Å². The molecule has 4 amide bonds. The largest absolute Gasteiger partial charge is 0.369 e. The molecule has 0 fully saturated rings. The minimum atomic E-state index is -0.519. The van der Waals surface area contributed by atoms with Gasteiger partial charge >= 0.3 is 0 Å². The van der Waals surface area contributed by atoms with Crippen LogP contribution in [0.3, 0.4) is 0 Å². The number of carbonyl (C=O) groups excluding carboxylic acids is 4. The van der Waals surface area contributed by atoms with Gasteiger partial charge in [-0.15, -0.1) is 0 Å². The highest BCUT2D eigenvalue weighted by atomic mass is 16.2. The third-order valence-corrected chi connectivity index (χ3v) is 4.71. The zero-order chi connectivity index (χ0) is 22.2. The van der Waals surface area contributed by atoms with Gasteiger partial charge in [-0.25, -0.2) is 0 Å². The first-order valence-electron chi connectivity index (χ1n) is 9.86. The fourth-order valence-electron chi connectivity index (χ4n) is 2.84. The number of carbonyl (C=O) groups is 4. The molecule has 0 heterocycles. The van der Waals surface area contributed by atoms with Crippen molar-refractivity contribution in [1.82, 2.24) is 10.6 Å². The Bertz CT molecular complexity index is 605. The van der Waals surface area contributed by atoms with Gasteiger partial charge in [0.25, 0.3) is 0 Å². The second-order valence-electron chi connectivity index (χ2n) is 7.07. The predicted octanol–water partition coefficient (Wildman–Crippen LogP) is 0.729. The number of nitrogens with zero attached hydrogens (tertiary/aromatic N) is 3. The molecule has 3 atom stereocenters. The Balaban J connectivity index is 4.37. The molecular formula is C18H33N7O4. The summed E-state index contributed by atoms with van der Waals surface area (Å²) < 4.78 is 0. The number of nitrogens with two attached hydrogens (primary N) is 2. The molecule has 0 aliphatic carbocycles. The third kappa shape index (κ3) is 12.3. The van der Waals surface area contributed by atoms with Crippen LogP contribution in [0, 0.1) is 17.8 Å².